The van der Waals surface area contributed by atoms with E-state index in [1.165, 1.54) is 6.07 Å². The summed E-state index contributed by atoms with van der Waals surface area (Å²) in [5.74, 6) is -0.158. The van der Waals surface area contributed by atoms with Gasteiger partial charge in [-0.25, -0.2) is 0 Å². The number of nitro benzene ring substituents is 1. The van der Waals surface area contributed by atoms with Gasteiger partial charge in [0.2, 0.25) is 5.91 Å². The van der Waals surface area contributed by atoms with Gasteiger partial charge in [0.25, 0.3) is 5.69 Å². The van der Waals surface area contributed by atoms with Gasteiger partial charge in [0.05, 0.1) is 23.5 Å². The minimum absolute atomic E-state index is 0.0509. The number of carbonyl (C=O) groups is 1. The molecular formula is C14H17N3O4. The standard InChI is InChI=1S/C14H17N3O4/c18-8-14(3-1-2-4-14)16-11-7-10-9(6-13(19)15-10)5-12(11)17(20)21/h5,7,16,18H,1-4,6,8H2,(H,15,19). The Bertz CT molecular complexity index is 608. The van der Waals surface area contributed by atoms with Gasteiger partial charge in [0.1, 0.15) is 5.69 Å². The van der Waals surface area contributed by atoms with Gasteiger partial charge < -0.3 is 15.7 Å². The molecule has 1 aliphatic heterocycles. The predicted octanol–water partition coefficient (Wildman–Crippen LogP) is 1.81. The lowest BCUT2D eigenvalue weighted by atomic mass is 9.97. The Morgan fingerprint density at radius 2 is 2.10 bits per heavy atom. The first-order chi connectivity index (χ1) is 10.0. The summed E-state index contributed by atoms with van der Waals surface area (Å²) in [4.78, 5) is 22.2. The third kappa shape index (κ3) is 2.44. The molecule has 0 unspecified atom stereocenters. The van der Waals surface area contributed by atoms with Crippen LogP contribution in [0.3, 0.4) is 0 Å². The molecule has 7 heteroatoms. The van der Waals surface area contributed by atoms with Gasteiger partial charge in [-0.3, -0.25) is 14.9 Å². The third-order valence-electron chi connectivity index (χ3n) is 4.31. The Labute approximate surface area is 121 Å². The predicted molar refractivity (Wildman–Crippen MR) is 77.3 cm³/mol. The molecule has 3 rings (SSSR count). The normalized spacial score (nSPS) is 19.2. The summed E-state index contributed by atoms with van der Waals surface area (Å²) in [5, 5.41) is 26.8. The van der Waals surface area contributed by atoms with E-state index in [1.807, 2.05) is 0 Å². The van der Waals surface area contributed by atoms with Crippen LogP contribution in [0.25, 0.3) is 0 Å². The first-order valence-electron chi connectivity index (χ1n) is 7.03. The molecule has 1 aliphatic carbocycles. The molecule has 1 amide bonds. The molecule has 7 nitrogen and oxygen atoms in total. The zero-order valence-electron chi connectivity index (χ0n) is 11.5. The van der Waals surface area contributed by atoms with Gasteiger partial charge in [-0.2, -0.15) is 0 Å². The van der Waals surface area contributed by atoms with Crippen LogP contribution in [-0.4, -0.2) is 28.1 Å². The van der Waals surface area contributed by atoms with Crippen LogP contribution < -0.4 is 10.6 Å². The summed E-state index contributed by atoms with van der Waals surface area (Å²) < 4.78 is 0. The molecule has 1 aromatic rings. The summed E-state index contributed by atoms with van der Waals surface area (Å²) in [6, 6.07) is 3.05. The number of hydrogen-bond acceptors (Lipinski definition) is 5. The largest absolute Gasteiger partial charge is 0.394 e. The topological polar surface area (TPSA) is 104 Å². The third-order valence-corrected chi connectivity index (χ3v) is 4.31. The highest BCUT2D eigenvalue weighted by molar-refractivity contribution is 6.00. The Balaban J connectivity index is 1.99. The van der Waals surface area contributed by atoms with Crippen molar-refractivity contribution in [1.82, 2.24) is 0 Å². The zero-order chi connectivity index (χ0) is 15.0. The molecule has 3 N–H and O–H groups in total. The van der Waals surface area contributed by atoms with E-state index in [2.05, 4.69) is 10.6 Å². The van der Waals surface area contributed by atoms with Crippen LogP contribution in [0.4, 0.5) is 17.1 Å². The van der Waals surface area contributed by atoms with Gasteiger partial charge >= 0.3 is 0 Å². The van der Waals surface area contributed by atoms with E-state index in [-0.39, 0.29) is 24.6 Å². The second kappa shape index (κ2) is 5.00. The minimum Gasteiger partial charge on any atom is -0.394 e. The Kier molecular flexibility index (Phi) is 3.29. The molecule has 1 saturated carbocycles. The highest BCUT2D eigenvalue weighted by atomic mass is 16.6. The first-order valence-corrected chi connectivity index (χ1v) is 7.03. The van der Waals surface area contributed by atoms with E-state index in [0.717, 1.165) is 25.7 Å². The summed E-state index contributed by atoms with van der Waals surface area (Å²) in [5.41, 5.74) is 1.06. The van der Waals surface area contributed by atoms with Crippen LogP contribution in [0.1, 0.15) is 31.2 Å². The molecule has 0 aromatic heterocycles. The highest BCUT2D eigenvalue weighted by Gasteiger charge is 2.35. The van der Waals surface area contributed by atoms with Crippen LogP contribution in [0.5, 0.6) is 0 Å². The number of nitrogens with one attached hydrogen (secondary N) is 2. The summed E-state index contributed by atoms with van der Waals surface area (Å²) in [6.07, 6.45) is 3.71. The number of anilines is 2. The molecule has 1 aromatic carbocycles. The molecular weight excluding hydrogens is 274 g/mol. The van der Waals surface area contributed by atoms with Crippen LogP contribution in [-0.2, 0) is 11.2 Å². The SMILES string of the molecule is O=C1Cc2cc([N+](=O)[O-])c(NC3(CO)CCCC3)cc2N1. The molecule has 2 aliphatic rings. The number of rotatable bonds is 4. The number of nitro groups is 1. The maximum absolute atomic E-state index is 11.4. The van der Waals surface area contributed by atoms with E-state index in [1.54, 1.807) is 6.07 Å². The quantitative estimate of drug-likeness (QED) is 0.579. The maximum Gasteiger partial charge on any atom is 0.292 e. The highest BCUT2D eigenvalue weighted by Crippen LogP contribution is 2.39. The number of aliphatic hydroxyl groups excluding tert-OH is 1. The molecule has 112 valence electrons. The van der Waals surface area contributed by atoms with Crippen molar-refractivity contribution in [2.24, 2.45) is 0 Å². The van der Waals surface area contributed by atoms with Crippen molar-refractivity contribution in [2.75, 3.05) is 17.2 Å². The van der Waals surface area contributed by atoms with Crippen molar-refractivity contribution in [2.45, 2.75) is 37.6 Å². The average molecular weight is 291 g/mol. The minimum atomic E-state index is -0.498. The fraction of sp³-hybridized carbons (Fsp3) is 0.500. The van der Waals surface area contributed by atoms with Crippen molar-refractivity contribution in [3.05, 3.63) is 27.8 Å². The number of carbonyl (C=O) groups excluding carboxylic acids is 1. The lowest BCUT2D eigenvalue weighted by molar-refractivity contribution is -0.384. The van der Waals surface area contributed by atoms with Crippen molar-refractivity contribution in [3.8, 4) is 0 Å². The zero-order valence-corrected chi connectivity index (χ0v) is 11.5. The van der Waals surface area contributed by atoms with Gasteiger partial charge in [-0.1, -0.05) is 12.8 Å². The summed E-state index contributed by atoms with van der Waals surface area (Å²) in [6.45, 7) is -0.0619. The van der Waals surface area contributed by atoms with Crippen molar-refractivity contribution < 1.29 is 14.8 Å². The van der Waals surface area contributed by atoms with E-state index < -0.39 is 10.5 Å². The molecule has 0 bridgehead atoms. The summed E-state index contributed by atoms with van der Waals surface area (Å²) in [7, 11) is 0. The van der Waals surface area contributed by atoms with E-state index >= 15 is 0 Å². The monoisotopic (exact) mass is 291 g/mol. The van der Waals surface area contributed by atoms with Crippen molar-refractivity contribution in [3.63, 3.8) is 0 Å². The lowest BCUT2D eigenvalue weighted by Gasteiger charge is -2.29. The lowest BCUT2D eigenvalue weighted by Crippen LogP contribution is -2.39. The maximum atomic E-state index is 11.4. The Morgan fingerprint density at radius 1 is 1.38 bits per heavy atom. The Morgan fingerprint density at radius 3 is 2.71 bits per heavy atom. The van der Waals surface area contributed by atoms with Crippen LogP contribution in [0, 0.1) is 10.1 Å². The molecule has 0 spiro atoms. The average Bonchev–Trinajstić information content (AvgIpc) is 3.03. The number of nitrogens with zero attached hydrogens (tertiary/aromatic N) is 1. The van der Waals surface area contributed by atoms with Crippen molar-refractivity contribution in [1.29, 1.82) is 0 Å². The van der Waals surface area contributed by atoms with Gasteiger partial charge in [-0.05, 0) is 24.5 Å². The summed E-state index contributed by atoms with van der Waals surface area (Å²) >= 11 is 0. The molecule has 0 atom stereocenters. The van der Waals surface area contributed by atoms with Gasteiger partial charge in [0, 0.05) is 11.8 Å². The number of aliphatic hydroxyl groups is 1. The fourth-order valence-electron chi connectivity index (χ4n) is 3.17. The number of fused-ring (bicyclic) bond motifs is 1. The van der Waals surface area contributed by atoms with E-state index in [4.69, 9.17) is 0 Å². The smallest absolute Gasteiger partial charge is 0.292 e. The Hall–Kier alpha value is -2.15. The molecule has 0 radical (unpaired) electrons. The van der Waals surface area contributed by atoms with Crippen molar-refractivity contribution >= 4 is 23.0 Å². The fourth-order valence-corrected chi connectivity index (χ4v) is 3.17. The first kappa shape index (κ1) is 13.8. The van der Waals surface area contributed by atoms with Crippen LogP contribution in [0.15, 0.2) is 12.1 Å². The second-order valence-corrected chi connectivity index (χ2v) is 5.78. The molecule has 21 heavy (non-hydrogen) atoms. The number of amides is 1. The van der Waals surface area contributed by atoms with Gasteiger partial charge in [0.15, 0.2) is 0 Å². The molecule has 1 heterocycles. The molecule has 1 fully saturated rings. The second-order valence-electron chi connectivity index (χ2n) is 5.78. The number of benzene rings is 1. The van der Waals surface area contributed by atoms with Gasteiger partial charge in [-0.15, -0.1) is 0 Å². The van der Waals surface area contributed by atoms with Crippen LogP contribution >= 0.6 is 0 Å². The number of hydrogen-bond donors (Lipinski definition) is 3. The van der Waals surface area contributed by atoms with E-state index in [9.17, 15) is 20.0 Å². The molecule has 0 saturated heterocycles. The van der Waals surface area contributed by atoms with Crippen LogP contribution in [0.2, 0.25) is 0 Å². The van der Waals surface area contributed by atoms with E-state index in [0.29, 0.717) is 16.9 Å².